The third-order valence-corrected chi connectivity index (χ3v) is 3.44. The van der Waals surface area contributed by atoms with Gasteiger partial charge in [-0.1, -0.05) is 11.6 Å². The van der Waals surface area contributed by atoms with Crippen molar-refractivity contribution in [3.8, 4) is 17.6 Å². The Bertz CT molecular complexity index is 510. The lowest BCUT2D eigenvalue weighted by molar-refractivity contribution is 0.267. The molecule has 116 valence electrons. The monoisotopic (exact) mass is 310 g/mol. The van der Waals surface area contributed by atoms with Gasteiger partial charge in [-0.3, -0.25) is 0 Å². The number of nitrogens with two attached hydrogens (primary N) is 1. The molecule has 0 unspecified atom stereocenters. The van der Waals surface area contributed by atoms with Crippen molar-refractivity contribution in [3.05, 3.63) is 22.7 Å². The molecule has 0 bridgehead atoms. The summed E-state index contributed by atoms with van der Waals surface area (Å²) in [4.78, 5) is 0. The molecule has 0 spiro atoms. The summed E-state index contributed by atoms with van der Waals surface area (Å²) < 4.78 is 11.2. The normalized spacial score (nSPS) is 11.0. The number of nitrogens with zero attached hydrogens (tertiary/aromatic N) is 1. The molecule has 5 heteroatoms. The standard InChI is InChI=1S/C16H23ClN2O2/c1-16(2,11-19)6-4-8-21-15-12(5-7-18)9-13(17)10-14(15)20-3/h9-10H,4-8,18H2,1-3H3. The summed E-state index contributed by atoms with van der Waals surface area (Å²) >= 11 is 6.06. The lowest BCUT2D eigenvalue weighted by Crippen LogP contribution is -2.11. The first-order valence-electron chi connectivity index (χ1n) is 7.04. The van der Waals surface area contributed by atoms with Gasteiger partial charge < -0.3 is 15.2 Å². The molecule has 0 saturated carbocycles. The summed E-state index contributed by atoms with van der Waals surface area (Å²) in [5, 5.41) is 9.60. The highest BCUT2D eigenvalue weighted by Gasteiger charge is 2.17. The van der Waals surface area contributed by atoms with Crippen molar-refractivity contribution in [1.29, 1.82) is 5.26 Å². The number of methoxy groups -OCH3 is 1. The van der Waals surface area contributed by atoms with E-state index < -0.39 is 0 Å². The maximum absolute atomic E-state index is 9.00. The first kappa shape index (κ1) is 17.6. The number of rotatable bonds is 8. The van der Waals surface area contributed by atoms with Crippen LogP contribution < -0.4 is 15.2 Å². The van der Waals surface area contributed by atoms with E-state index in [-0.39, 0.29) is 5.41 Å². The molecule has 0 radical (unpaired) electrons. The highest BCUT2D eigenvalue weighted by molar-refractivity contribution is 6.30. The maximum atomic E-state index is 9.00. The van der Waals surface area contributed by atoms with E-state index in [4.69, 9.17) is 32.1 Å². The Kier molecular flexibility index (Phi) is 6.80. The summed E-state index contributed by atoms with van der Waals surface area (Å²) in [6.07, 6.45) is 2.26. The second-order valence-corrected chi connectivity index (χ2v) is 6.02. The van der Waals surface area contributed by atoms with Crippen molar-refractivity contribution in [2.75, 3.05) is 20.3 Å². The Morgan fingerprint density at radius 3 is 2.67 bits per heavy atom. The summed E-state index contributed by atoms with van der Waals surface area (Å²) in [6, 6.07) is 5.87. The van der Waals surface area contributed by atoms with Gasteiger partial charge in [0.2, 0.25) is 0 Å². The molecule has 4 nitrogen and oxygen atoms in total. The molecule has 0 heterocycles. The molecule has 1 rings (SSSR count). The molecule has 0 amide bonds. The van der Waals surface area contributed by atoms with E-state index in [0.29, 0.717) is 36.1 Å². The largest absolute Gasteiger partial charge is 0.493 e. The second-order valence-electron chi connectivity index (χ2n) is 5.58. The van der Waals surface area contributed by atoms with Gasteiger partial charge in [-0.15, -0.1) is 0 Å². The SMILES string of the molecule is COc1cc(Cl)cc(CCN)c1OCCCC(C)(C)C#N. The molecule has 0 fully saturated rings. The number of hydrogen-bond donors (Lipinski definition) is 1. The van der Waals surface area contributed by atoms with Crippen molar-refractivity contribution >= 4 is 11.6 Å². The van der Waals surface area contributed by atoms with Gasteiger partial charge in [-0.2, -0.15) is 5.26 Å². The number of halogens is 1. The zero-order chi connectivity index (χ0) is 15.9. The number of hydrogen-bond acceptors (Lipinski definition) is 4. The second kappa shape index (κ2) is 8.11. The molecular weight excluding hydrogens is 288 g/mol. The summed E-state index contributed by atoms with van der Waals surface area (Å²) in [6.45, 7) is 4.90. The molecule has 0 atom stereocenters. The number of nitriles is 1. The van der Waals surface area contributed by atoms with Crippen LogP contribution in [0.3, 0.4) is 0 Å². The van der Waals surface area contributed by atoms with Crippen LogP contribution in [0.15, 0.2) is 12.1 Å². The minimum absolute atomic E-state index is 0.326. The van der Waals surface area contributed by atoms with Crippen molar-refractivity contribution in [1.82, 2.24) is 0 Å². The van der Waals surface area contributed by atoms with Gasteiger partial charge in [-0.05, 0) is 45.7 Å². The first-order chi connectivity index (χ1) is 9.93. The summed E-state index contributed by atoms with van der Waals surface area (Å²) in [5.74, 6) is 1.31. The molecule has 1 aromatic carbocycles. The molecule has 1 aromatic rings. The Hall–Kier alpha value is -1.44. The van der Waals surface area contributed by atoms with E-state index in [1.54, 1.807) is 13.2 Å². The zero-order valence-corrected chi connectivity index (χ0v) is 13.7. The quantitative estimate of drug-likeness (QED) is 0.745. The molecule has 0 aliphatic heterocycles. The van der Waals surface area contributed by atoms with Crippen LogP contribution in [0.4, 0.5) is 0 Å². The van der Waals surface area contributed by atoms with Crippen LogP contribution in [0.1, 0.15) is 32.3 Å². The van der Waals surface area contributed by atoms with Gasteiger partial charge in [0.25, 0.3) is 0 Å². The topological polar surface area (TPSA) is 68.3 Å². The van der Waals surface area contributed by atoms with E-state index in [1.807, 2.05) is 19.9 Å². The van der Waals surface area contributed by atoms with E-state index in [0.717, 1.165) is 18.4 Å². The molecular formula is C16H23ClN2O2. The van der Waals surface area contributed by atoms with E-state index >= 15 is 0 Å². The molecule has 0 aliphatic carbocycles. The van der Waals surface area contributed by atoms with E-state index in [2.05, 4.69) is 6.07 Å². The van der Waals surface area contributed by atoms with Gasteiger partial charge in [0.15, 0.2) is 11.5 Å². The smallest absolute Gasteiger partial charge is 0.164 e. The Morgan fingerprint density at radius 1 is 1.38 bits per heavy atom. The van der Waals surface area contributed by atoms with Crippen molar-refractivity contribution in [2.45, 2.75) is 33.1 Å². The molecule has 0 aliphatic rings. The van der Waals surface area contributed by atoms with E-state index in [9.17, 15) is 0 Å². The zero-order valence-electron chi connectivity index (χ0n) is 12.9. The average molecular weight is 311 g/mol. The molecule has 0 aromatic heterocycles. The van der Waals surface area contributed by atoms with Crippen molar-refractivity contribution in [3.63, 3.8) is 0 Å². The fourth-order valence-electron chi connectivity index (χ4n) is 2.02. The average Bonchev–Trinajstić information content (AvgIpc) is 2.45. The Balaban J connectivity index is 2.75. The third-order valence-electron chi connectivity index (χ3n) is 3.23. The predicted molar refractivity (Wildman–Crippen MR) is 84.9 cm³/mol. The fourth-order valence-corrected chi connectivity index (χ4v) is 2.25. The van der Waals surface area contributed by atoms with Gasteiger partial charge in [-0.25, -0.2) is 0 Å². The van der Waals surface area contributed by atoms with Crippen LogP contribution in [-0.2, 0) is 6.42 Å². The first-order valence-corrected chi connectivity index (χ1v) is 7.42. The predicted octanol–water partition coefficient (Wildman–Crippen LogP) is 3.56. The maximum Gasteiger partial charge on any atom is 0.164 e. The van der Waals surface area contributed by atoms with Crippen LogP contribution in [0.5, 0.6) is 11.5 Å². The van der Waals surface area contributed by atoms with Crippen molar-refractivity contribution in [2.24, 2.45) is 11.1 Å². The fraction of sp³-hybridized carbons (Fsp3) is 0.562. The summed E-state index contributed by atoms with van der Waals surface area (Å²) in [7, 11) is 1.59. The lowest BCUT2D eigenvalue weighted by Gasteiger charge is -2.18. The van der Waals surface area contributed by atoms with Crippen molar-refractivity contribution < 1.29 is 9.47 Å². The minimum Gasteiger partial charge on any atom is -0.493 e. The molecule has 2 N–H and O–H groups in total. The van der Waals surface area contributed by atoms with E-state index in [1.165, 1.54) is 0 Å². The Morgan fingerprint density at radius 2 is 2.10 bits per heavy atom. The highest BCUT2D eigenvalue weighted by atomic mass is 35.5. The molecule has 0 saturated heterocycles. The minimum atomic E-state index is -0.326. The van der Waals surface area contributed by atoms with Gasteiger partial charge in [0, 0.05) is 16.7 Å². The lowest BCUT2D eigenvalue weighted by atomic mass is 9.90. The highest BCUT2D eigenvalue weighted by Crippen LogP contribution is 2.35. The number of benzene rings is 1. The molecule has 21 heavy (non-hydrogen) atoms. The van der Waals surface area contributed by atoms with Gasteiger partial charge >= 0.3 is 0 Å². The Labute approximate surface area is 131 Å². The number of ether oxygens (including phenoxy) is 2. The van der Waals surface area contributed by atoms with Crippen LogP contribution in [0, 0.1) is 16.7 Å². The van der Waals surface area contributed by atoms with Crippen LogP contribution in [-0.4, -0.2) is 20.3 Å². The van der Waals surface area contributed by atoms with Gasteiger partial charge in [0.1, 0.15) is 0 Å². The van der Waals surface area contributed by atoms with Crippen LogP contribution in [0.2, 0.25) is 5.02 Å². The van der Waals surface area contributed by atoms with Gasteiger partial charge in [0.05, 0.1) is 25.2 Å². The van der Waals surface area contributed by atoms with Crippen LogP contribution in [0.25, 0.3) is 0 Å². The van der Waals surface area contributed by atoms with Crippen LogP contribution >= 0.6 is 11.6 Å². The summed E-state index contributed by atoms with van der Waals surface area (Å²) in [5.41, 5.74) is 6.25. The third kappa shape index (κ3) is 5.45.